The molecule has 1 saturated heterocycles. The van der Waals surface area contributed by atoms with Gasteiger partial charge in [-0.3, -0.25) is 9.58 Å². The lowest BCUT2D eigenvalue weighted by Crippen LogP contribution is -2.59. The van der Waals surface area contributed by atoms with Gasteiger partial charge in [0, 0.05) is 31.2 Å². The zero-order valence-corrected chi connectivity index (χ0v) is 14.1. The molecule has 1 N–H and O–H groups in total. The van der Waals surface area contributed by atoms with Crippen molar-refractivity contribution in [1.82, 2.24) is 25.2 Å². The third-order valence-electron chi connectivity index (χ3n) is 4.79. The molecule has 0 amide bonds. The zero-order valence-electron chi connectivity index (χ0n) is 14.1. The van der Waals surface area contributed by atoms with Crippen LogP contribution in [0.5, 0.6) is 0 Å². The number of aryl methyl sites for hydroxylation is 1. The number of hydrogen-bond acceptors (Lipinski definition) is 4. The van der Waals surface area contributed by atoms with E-state index >= 15 is 0 Å². The highest BCUT2D eigenvalue weighted by Gasteiger charge is 2.35. The van der Waals surface area contributed by atoms with Crippen LogP contribution in [0.25, 0.3) is 0 Å². The number of likely N-dealkylation sites (tertiary alicyclic amines) is 1. The summed E-state index contributed by atoms with van der Waals surface area (Å²) in [5.41, 5.74) is 1.21. The van der Waals surface area contributed by atoms with Crippen molar-refractivity contribution in [3.05, 3.63) is 11.9 Å². The molecule has 1 aromatic rings. The molecule has 0 aliphatic carbocycles. The summed E-state index contributed by atoms with van der Waals surface area (Å²) in [5.74, 6) is 0. The van der Waals surface area contributed by atoms with E-state index in [1.807, 2.05) is 13.2 Å². The van der Waals surface area contributed by atoms with Crippen LogP contribution in [0.1, 0.15) is 52.1 Å². The molecule has 0 bridgehead atoms. The van der Waals surface area contributed by atoms with Crippen molar-refractivity contribution in [2.24, 2.45) is 7.05 Å². The van der Waals surface area contributed by atoms with Crippen LogP contribution in [0, 0.1) is 0 Å². The van der Waals surface area contributed by atoms with E-state index in [9.17, 15) is 0 Å². The van der Waals surface area contributed by atoms with Gasteiger partial charge in [0.1, 0.15) is 0 Å². The summed E-state index contributed by atoms with van der Waals surface area (Å²) in [4.78, 5) is 2.67. The highest BCUT2D eigenvalue weighted by molar-refractivity contribution is 5.03. The van der Waals surface area contributed by atoms with Gasteiger partial charge in [-0.05, 0) is 46.3 Å². The first-order valence-corrected chi connectivity index (χ1v) is 8.37. The summed E-state index contributed by atoms with van der Waals surface area (Å²) in [6.07, 6.45) is 8.38. The van der Waals surface area contributed by atoms with Gasteiger partial charge in [0.25, 0.3) is 0 Å². The summed E-state index contributed by atoms with van der Waals surface area (Å²) in [6, 6.07) is 0.400. The number of hydrogen-bond donors (Lipinski definition) is 1. The Hall–Kier alpha value is -0.940. The van der Waals surface area contributed by atoms with Gasteiger partial charge in [-0.1, -0.05) is 25.0 Å². The number of nitrogens with one attached hydrogen (secondary N) is 1. The Labute approximate surface area is 129 Å². The maximum absolute atomic E-state index is 4.27. The molecular formula is C16H31N5. The number of aromatic nitrogens is 3. The van der Waals surface area contributed by atoms with Gasteiger partial charge >= 0.3 is 0 Å². The number of nitrogens with zero attached hydrogens (tertiary/aromatic N) is 4. The van der Waals surface area contributed by atoms with Crippen molar-refractivity contribution in [1.29, 1.82) is 0 Å². The highest BCUT2D eigenvalue weighted by atomic mass is 15.4. The minimum atomic E-state index is 0.137. The molecule has 1 aliphatic heterocycles. The van der Waals surface area contributed by atoms with Crippen LogP contribution in [0.2, 0.25) is 0 Å². The summed E-state index contributed by atoms with van der Waals surface area (Å²) < 4.78 is 1.79. The van der Waals surface area contributed by atoms with Gasteiger partial charge in [-0.15, -0.1) is 5.10 Å². The third kappa shape index (κ3) is 4.27. The first-order valence-electron chi connectivity index (χ1n) is 8.37. The average molecular weight is 293 g/mol. The summed E-state index contributed by atoms with van der Waals surface area (Å²) >= 11 is 0. The second kappa shape index (κ2) is 7.36. The van der Waals surface area contributed by atoms with Crippen molar-refractivity contribution in [3.8, 4) is 0 Å². The second-order valence-electron chi connectivity index (χ2n) is 6.75. The molecular weight excluding hydrogens is 262 g/mol. The van der Waals surface area contributed by atoms with Crippen LogP contribution in [0.15, 0.2) is 6.20 Å². The summed E-state index contributed by atoms with van der Waals surface area (Å²) in [7, 11) is 1.93. The zero-order chi connectivity index (χ0) is 15.3. The smallest absolute Gasteiger partial charge is 0.0843 e. The molecule has 0 saturated carbocycles. The molecule has 2 rings (SSSR count). The first kappa shape index (κ1) is 16.4. The summed E-state index contributed by atoms with van der Waals surface area (Å²) in [5, 5.41) is 12.0. The van der Waals surface area contributed by atoms with E-state index in [4.69, 9.17) is 0 Å². The fourth-order valence-corrected chi connectivity index (χ4v) is 3.38. The molecule has 1 fully saturated rings. The molecule has 120 valence electrons. The molecule has 21 heavy (non-hydrogen) atoms. The SMILES string of the molecule is CCNC(Cc1cn(C)nn1)C(C)(C)N1CCCCCC1. The van der Waals surface area contributed by atoms with Crippen molar-refractivity contribution in [3.63, 3.8) is 0 Å². The Morgan fingerprint density at radius 1 is 1.24 bits per heavy atom. The third-order valence-corrected chi connectivity index (χ3v) is 4.79. The van der Waals surface area contributed by atoms with Crippen LogP contribution < -0.4 is 5.32 Å². The molecule has 1 atom stereocenters. The van der Waals surface area contributed by atoms with Crippen molar-refractivity contribution >= 4 is 0 Å². The van der Waals surface area contributed by atoms with E-state index in [1.165, 1.54) is 38.8 Å². The maximum atomic E-state index is 4.27. The Morgan fingerprint density at radius 2 is 1.90 bits per heavy atom. The van der Waals surface area contributed by atoms with Crippen LogP contribution in [0.4, 0.5) is 0 Å². The van der Waals surface area contributed by atoms with Gasteiger partial charge in [0.2, 0.25) is 0 Å². The van der Waals surface area contributed by atoms with E-state index in [0.29, 0.717) is 6.04 Å². The predicted molar refractivity (Wildman–Crippen MR) is 86.3 cm³/mol. The molecule has 1 unspecified atom stereocenters. The monoisotopic (exact) mass is 293 g/mol. The Kier molecular flexibility index (Phi) is 5.76. The Morgan fingerprint density at radius 3 is 2.43 bits per heavy atom. The predicted octanol–water partition coefficient (Wildman–Crippen LogP) is 1.99. The molecule has 0 aromatic carbocycles. The van der Waals surface area contributed by atoms with Gasteiger partial charge in [0.15, 0.2) is 0 Å². The normalized spacial score (nSPS) is 19.4. The van der Waals surface area contributed by atoms with Gasteiger partial charge in [-0.25, -0.2) is 0 Å². The van der Waals surface area contributed by atoms with Crippen molar-refractivity contribution < 1.29 is 0 Å². The molecule has 5 heteroatoms. The molecule has 5 nitrogen and oxygen atoms in total. The lowest BCUT2D eigenvalue weighted by atomic mass is 9.88. The summed E-state index contributed by atoms with van der Waals surface area (Å²) in [6.45, 7) is 10.4. The van der Waals surface area contributed by atoms with Crippen LogP contribution in [0.3, 0.4) is 0 Å². The molecule has 2 heterocycles. The van der Waals surface area contributed by atoms with Crippen LogP contribution >= 0.6 is 0 Å². The number of rotatable bonds is 6. The fourth-order valence-electron chi connectivity index (χ4n) is 3.38. The van der Waals surface area contributed by atoms with E-state index in [0.717, 1.165) is 18.7 Å². The standard InChI is InChI=1S/C16H31N5/c1-5-17-15(12-14-13-20(4)19-18-14)16(2,3)21-10-8-6-7-9-11-21/h13,15,17H,5-12H2,1-4H3. The molecule has 0 spiro atoms. The first-order chi connectivity index (χ1) is 10.0. The van der Waals surface area contributed by atoms with Gasteiger partial charge < -0.3 is 5.32 Å². The Bertz CT molecular complexity index is 418. The van der Waals surface area contributed by atoms with Crippen LogP contribution in [-0.2, 0) is 13.5 Å². The molecule has 1 aliphatic rings. The van der Waals surface area contributed by atoms with E-state index < -0.39 is 0 Å². The van der Waals surface area contributed by atoms with Crippen molar-refractivity contribution in [2.45, 2.75) is 64.5 Å². The lowest BCUT2D eigenvalue weighted by Gasteiger charge is -2.44. The largest absolute Gasteiger partial charge is 0.312 e. The second-order valence-corrected chi connectivity index (χ2v) is 6.75. The van der Waals surface area contributed by atoms with Crippen molar-refractivity contribution in [2.75, 3.05) is 19.6 Å². The van der Waals surface area contributed by atoms with Gasteiger partial charge in [0.05, 0.1) is 5.69 Å². The highest BCUT2D eigenvalue weighted by Crippen LogP contribution is 2.25. The number of likely N-dealkylation sites (N-methyl/N-ethyl adjacent to an activating group) is 1. The fraction of sp³-hybridized carbons (Fsp3) is 0.875. The van der Waals surface area contributed by atoms with E-state index in [2.05, 4.69) is 41.3 Å². The lowest BCUT2D eigenvalue weighted by molar-refractivity contribution is 0.0837. The van der Waals surface area contributed by atoms with E-state index in [-0.39, 0.29) is 5.54 Å². The van der Waals surface area contributed by atoms with E-state index in [1.54, 1.807) is 4.68 Å². The average Bonchev–Trinajstić information content (AvgIpc) is 2.68. The molecule has 1 aromatic heterocycles. The topological polar surface area (TPSA) is 46.0 Å². The minimum Gasteiger partial charge on any atom is -0.312 e. The minimum absolute atomic E-state index is 0.137. The maximum Gasteiger partial charge on any atom is 0.0843 e. The molecule has 0 radical (unpaired) electrons. The Balaban J connectivity index is 2.10. The van der Waals surface area contributed by atoms with Gasteiger partial charge in [-0.2, -0.15) is 0 Å². The van der Waals surface area contributed by atoms with Crippen LogP contribution in [-0.4, -0.2) is 51.1 Å². The quantitative estimate of drug-likeness (QED) is 0.871.